The fourth-order valence-electron chi connectivity index (χ4n) is 3.24. The van der Waals surface area contributed by atoms with Crippen molar-refractivity contribution < 1.29 is 4.79 Å². The summed E-state index contributed by atoms with van der Waals surface area (Å²) in [7, 11) is 0. The second-order valence-corrected chi connectivity index (χ2v) is 5.51. The molecular formula is C14H19ClN4O. The first-order chi connectivity index (χ1) is 9.04. The summed E-state index contributed by atoms with van der Waals surface area (Å²) >= 11 is 0. The first-order valence-electron chi connectivity index (χ1n) is 6.52. The van der Waals surface area contributed by atoms with Crippen LogP contribution < -0.4 is 11.5 Å². The maximum absolute atomic E-state index is 11.6. The van der Waals surface area contributed by atoms with Crippen LogP contribution in [-0.2, 0) is 11.3 Å². The number of carbonyl (C=O) groups is 1. The lowest BCUT2D eigenvalue weighted by atomic mass is 10.1. The second kappa shape index (κ2) is 5.07. The van der Waals surface area contributed by atoms with Crippen molar-refractivity contribution in [1.29, 1.82) is 5.41 Å². The van der Waals surface area contributed by atoms with Crippen LogP contribution in [0.4, 0.5) is 0 Å². The lowest BCUT2D eigenvalue weighted by Crippen LogP contribution is -2.45. The van der Waals surface area contributed by atoms with Gasteiger partial charge in [-0.3, -0.25) is 15.1 Å². The van der Waals surface area contributed by atoms with E-state index >= 15 is 0 Å². The van der Waals surface area contributed by atoms with Crippen molar-refractivity contribution in [2.75, 3.05) is 6.54 Å². The molecule has 2 aliphatic rings. The van der Waals surface area contributed by atoms with Crippen LogP contribution in [0, 0.1) is 11.3 Å². The van der Waals surface area contributed by atoms with E-state index in [-0.39, 0.29) is 29.7 Å². The van der Waals surface area contributed by atoms with Gasteiger partial charge in [-0.25, -0.2) is 0 Å². The van der Waals surface area contributed by atoms with Crippen LogP contribution in [0.15, 0.2) is 24.3 Å². The number of halogens is 1. The van der Waals surface area contributed by atoms with Crippen LogP contribution in [0.2, 0.25) is 0 Å². The molecule has 1 amide bonds. The summed E-state index contributed by atoms with van der Waals surface area (Å²) in [5.41, 5.74) is 12.5. The third-order valence-corrected chi connectivity index (χ3v) is 4.45. The minimum absolute atomic E-state index is 0. The largest absolute Gasteiger partial charge is 0.384 e. The SMILES string of the molecule is Cl.N=C(N)c1ccc(CN2CC[C@@H]3C[C@@]32C(N)=O)cc1. The molecule has 6 heteroatoms. The average molecular weight is 295 g/mol. The molecule has 5 N–H and O–H groups in total. The molecule has 5 nitrogen and oxygen atoms in total. The number of amides is 1. The van der Waals surface area contributed by atoms with Gasteiger partial charge in [-0.2, -0.15) is 0 Å². The van der Waals surface area contributed by atoms with Crippen LogP contribution in [0.3, 0.4) is 0 Å². The molecule has 0 unspecified atom stereocenters. The lowest BCUT2D eigenvalue weighted by Gasteiger charge is -2.25. The van der Waals surface area contributed by atoms with E-state index in [1.807, 2.05) is 24.3 Å². The highest BCUT2D eigenvalue weighted by Gasteiger charge is 2.65. The highest BCUT2D eigenvalue weighted by molar-refractivity contribution is 5.94. The zero-order chi connectivity index (χ0) is 13.6. The van der Waals surface area contributed by atoms with E-state index in [9.17, 15) is 4.79 Å². The first kappa shape index (κ1) is 14.8. The Kier molecular flexibility index (Phi) is 3.75. The Balaban J connectivity index is 0.00000147. The van der Waals surface area contributed by atoms with Crippen molar-refractivity contribution in [2.45, 2.75) is 24.9 Å². The summed E-state index contributed by atoms with van der Waals surface area (Å²) in [6.07, 6.45) is 1.97. The van der Waals surface area contributed by atoms with Gasteiger partial charge in [-0.05, 0) is 30.9 Å². The van der Waals surface area contributed by atoms with Gasteiger partial charge in [0, 0.05) is 12.1 Å². The first-order valence-corrected chi connectivity index (χ1v) is 6.52. The summed E-state index contributed by atoms with van der Waals surface area (Å²) in [5.74, 6) is 0.348. The number of primary amides is 1. The van der Waals surface area contributed by atoms with Crippen LogP contribution in [0.1, 0.15) is 24.0 Å². The van der Waals surface area contributed by atoms with Gasteiger partial charge in [0.2, 0.25) is 5.91 Å². The molecule has 1 aromatic carbocycles. The maximum atomic E-state index is 11.6. The van der Waals surface area contributed by atoms with E-state index in [2.05, 4.69) is 4.90 Å². The van der Waals surface area contributed by atoms with E-state index in [4.69, 9.17) is 16.9 Å². The monoisotopic (exact) mass is 294 g/mol. The quantitative estimate of drug-likeness (QED) is 0.567. The number of rotatable bonds is 4. The number of nitrogens with one attached hydrogen (secondary N) is 1. The molecule has 1 aliphatic heterocycles. The normalized spacial score (nSPS) is 27.5. The summed E-state index contributed by atoms with van der Waals surface area (Å²) in [4.78, 5) is 13.8. The Labute approximate surface area is 124 Å². The number of hydrogen-bond donors (Lipinski definition) is 3. The molecule has 1 aliphatic carbocycles. The van der Waals surface area contributed by atoms with Crippen LogP contribution in [0.25, 0.3) is 0 Å². The average Bonchev–Trinajstić information content (AvgIpc) is 3.02. The number of nitrogens with zero attached hydrogens (tertiary/aromatic N) is 1. The summed E-state index contributed by atoms with van der Waals surface area (Å²) in [6, 6.07) is 7.60. The molecule has 3 rings (SSSR count). The smallest absolute Gasteiger partial charge is 0.238 e. The van der Waals surface area contributed by atoms with Gasteiger partial charge in [-0.15, -0.1) is 12.4 Å². The zero-order valence-electron chi connectivity index (χ0n) is 11.1. The highest BCUT2D eigenvalue weighted by Crippen LogP contribution is 2.55. The van der Waals surface area contributed by atoms with Crippen LogP contribution in [0.5, 0.6) is 0 Å². The van der Waals surface area contributed by atoms with Gasteiger partial charge in [0.1, 0.15) is 11.4 Å². The molecule has 20 heavy (non-hydrogen) atoms. The van der Waals surface area contributed by atoms with Gasteiger partial charge in [0.05, 0.1) is 0 Å². The molecule has 0 radical (unpaired) electrons. The third kappa shape index (κ3) is 2.17. The van der Waals surface area contributed by atoms with E-state index in [0.717, 1.165) is 37.1 Å². The van der Waals surface area contributed by atoms with E-state index in [1.54, 1.807) is 0 Å². The van der Waals surface area contributed by atoms with E-state index in [1.165, 1.54) is 0 Å². The van der Waals surface area contributed by atoms with Gasteiger partial charge in [0.25, 0.3) is 0 Å². The third-order valence-electron chi connectivity index (χ3n) is 4.45. The molecule has 1 saturated carbocycles. The van der Waals surface area contributed by atoms with Crippen molar-refractivity contribution in [3.8, 4) is 0 Å². The van der Waals surface area contributed by atoms with Crippen LogP contribution in [-0.4, -0.2) is 28.7 Å². The van der Waals surface area contributed by atoms with Gasteiger partial charge in [-0.1, -0.05) is 24.3 Å². The number of likely N-dealkylation sites (tertiary alicyclic amines) is 1. The number of amidine groups is 1. The zero-order valence-corrected chi connectivity index (χ0v) is 12.0. The Bertz CT molecular complexity index is 545. The number of benzene rings is 1. The molecule has 108 valence electrons. The molecule has 2 atom stereocenters. The highest BCUT2D eigenvalue weighted by atomic mass is 35.5. The Morgan fingerprint density at radius 2 is 2.00 bits per heavy atom. The lowest BCUT2D eigenvalue weighted by molar-refractivity contribution is -0.124. The molecule has 1 aromatic rings. The van der Waals surface area contributed by atoms with Crippen molar-refractivity contribution in [2.24, 2.45) is 17.4 Å². The molecule has 0 spiro atoms. The number of fused-ring (bicyclic) bond motifs is 1. The number of piperidine rings is 1. The summed E-state index contributed by atoms with van der Waals surface area (Å²) in [5, 5.41) is 7.36. The van der Waals surface area contributed by atoms with Crippen molar-refractivity contribution >= 4 is 24.1 Å². The Morgan fingerprint density at radius 3 is 2.50 bits per heavy atom. The molecule has 0 aromatic heterocycles. The van der Waals surface area contributed by atoms with Gasteiger partial charge < -0.3 is 11.5 Å². The fraction of sp³-hybridized carbons (Fsp3) is 0.429. The number of nitrogen functional groups attached to an aromatic ring is 1. The second-order valence-electron chi connectivity index (χ2n) is 5.51. The predicted octanol–water partition coefficient (Wildman–Crippen LogP) is 0.842. The van der Waals surface area contributed by atoms with Crippen LogP contribution >= 0.6 is 12.4 Å². The summed E-state index contributed by atoms with van der Waals surface area (Å²) in [6.45, 7) is 1.67. The topological polar surface area (TPSA) is 96.2 Å². The van der Waals surface area contributed by atoms with Gasteiger partial charge >= 0.3 is 0 Å². The Hall–Kier alpha value is -1.59. The molecule has 2 fully saturated rings. The Morgan fingerprint density at radius 1 is 1.35 bits per heavy atom. The minimum atomic E-state index is -0.376. The number of hydrogen-bond acceptors (Lipinski definition) is 3. The number of carbonyl (C=O) groups excluding carboxylic acids is 1. The molecule has 0 bridgehead atoms. The van der Waals surface area contributed by atoms with E-state index in [0.29, 0.717) is 5.92 Å². The maximum Gasteiger partial charge on any atom is 0.238 e. The standard InChI is InChI=1S/C14H18N4O.ClH/c15-12(16)10-3-1-9(2-4-10)8-18-6-5-11-7-14(11,18)13(17)19;/h1-4,11H,5-8H2,(H3,15,16)(H2,17,19);1H/t11-,14+;/m1./s1. The predicted molar refractivity (Wildman–Crippen MR) is 79.8 cm³/mol. The fourth-order valence-corrected chi connectivity index (χ4v) is 3.24. The van der Waals surface area contributed by atoms with Crippen molar-refractivity contribution in [3.63, 3.8) is 0 Å². The van der Waals surface area contributed by atoms with Gasteiger partial charge in [0.15, 0.2) is 0 Å². The van der Waals surface area contributed by atoms with Crippen molar-refractivity contribution in [1.82, 2.24) is 4.90 Å². The summed E-state index contributed by atoms with van der Waals surface area (Å²) < 4.78 is 0. The molecule has 1 heterocycles. The molecule has 1 saturated heterocycles. The molecular weight excluding hydrogens is 276 g/mol. The van der Waals surface area contributed by atoms with Crippen molar-refractivity contribution in [3.05, 3.63) is 35.4 Å². The van der Waals surface area contributed by atoms with E-state index < -0.39 is 0 Å². The minimum Gasteiger partial charge on any atom is -0.384 e. The number of nitrogens with two attached hydrogens (primary N) is 2.